The Bertz CT molecular complexity index is 322. The second kappa shape index (κ2) is 5.81. The zero-order chi connectivity index (χ0) is 15.0. The van der Waals surface area contributed by atoms with Crippen LogP contribution in [0.1, 0.15) is 33.1 Å². The lowest BCUT2D eigenvalue weighted by atomic mass is 9.72. The zero-order valence-electron chi connectivity index (χ0n) is 12.4. The van der Waals surface area contributed by atoms with Crippen molar-refractivity contribution in [3.05, 3.63) is 0 Å². The third-order valence-electron chi connectivity index (χ3n) is 4.69. The van der Waals surface area contributed by atoms with E-state index in [2.05, 4.69) is 18.7 Å². The van der Waals surface area contributed by atoms with Crippen LogP contribution in [-0.2, 0) is 0 Å². The molecule has 6 heteroatoms. The predicted molar refractivity (Wildman–Crippen MR) is 73.5 cm³/mol. The molecule has 118 valence electrons. The number of hydrogen-bond acceptors (Lipinski definition) is 3. The number of halogens is 3. The maximum absolute atomic E-state index is 12.4. The summed E-state index contributed by atoms with van der Waals surface area (Å²) in [5.41, 5.74) is 6.53. The van der Waals surface area contributed by atoms with Crippen LogP contribution in [0.5, 0.6) is 0 Å². The summed E-state index contributed by atoms with van der Waals surface area (Å²) in [4.78, 5) is 3.80. The van der Waals surface area contributed by atoms with E-state index in [-0.39, 0.29) is 6.04 Å². The summed E-state index contributed by atoms with van der Waals surface area (Å²) in [5, 5.41) is 0. The number of alkyl halides is 3. The topological polar surface area (TPSA) is 32.5 Å². The Morgan fingerprint density at radius 2 is 1.75 bits per heavy atom. The SMILES string of the molecule is CC1(C)CCC(N)C(N2CCN(CC(F)(F)F)CC2)C1. The van der Waals surface area contributed by atoms with Crippen LogP contribution < -0.4 is 5.73 Å². The van der Waals surface area contributed by atoms with Crippen LogP contribution in [0.15, 0.2) is 0 Å². The molecule has 2 unspecified atom stereocenters. The number of hydrogen-bond donors (Lipinski definition) is 1. The number of rotatable bonds is 2. The van der Waals surface area contributed by atoms with E-state index >= 15 is 0 Å². The van der Waals surface area contributed by atoms with Gasteiger partial charge in [0.05, 0.1) is 6.54 Å². The smallest absolute Gasteiger partial charge is 0.326 e. The number of nitrogens with zero attached hydrogens (tertiary/aromatic N) is 2. The highest BCUT2D eigenvalue weighted by Gasteiger charge is 2.38. The second-order valence-corrected chi connectivity index (χ2v) is 7.07. The Balaban J connectivity index is 1.86. The average molecular weight is 293 g/mol. The van der Waals surface area contributed by atoms with Crippen LogP contribution in [0, 0.1) is 5.41 Å². The van der Waals surface area contributed by atoms with Crippen LogP contribution in [-0.4, -0.2) is 60.8 Å². The van der Waals surface area contributed by atoms with Gasteiger partial charge in [-0.25, -0.2) is 0 Å². The first-order valence-electron chi connectivity index (χ1n) is 7.45. The molecule has 2 atom stereocenters. The Kier molecular flexibility index (Phi) is 4.66. The first-order valence-corrected chi connectivity index (χ1v) is 7.45. The van der Waals surface area contributed by atoms with Gasteiger partial charge in [-0.3, -0.25) is 9.80 Å². The maximum Gasteiger partial charge on any atom is 0.401 e. The van der Waals surface area contributed by atoms with Gasteiger partial charge in [0.25, 0.3) is 0 Å². The van der Waals surface area contributed by atoms with Gasteiger partial charge >= 0.3 is 6.18 Å². The standard InChI is InChI=1S/C14H26F3N3/c1-13(2)4-3-11(18)12(9-13)20-7-5-19(6-8-20)10-14(15,16)17/h11-12H,3-10,18H2,1-2H3. The molecule has 0 aromatic heterocycles. The van der Waals surface area contributed by atoms with Gasteiger partial charge in [-0.15, -0.1) is 0 Å². The molecule has 3 nitrogen and oxygen atoms in total. The molecule has 0 spiro atoms. The van der Waals surface area contributed by atoms with Gasteiger partial charge in [-0.1, -0.05) is 13.8 Å². The predicted octanol–water partition coefficient (Wildman–Crippen LogP) is 2.07. The Labute approximate surface area is 119 Å². The van der Waals surface area contributed by atoms with Gasteiger partial charge in [-0.05, 0) is 24.7 Å². The first kappa shape index (κ1) is 16.0. The molecule has 1 aliphatic heterocycles. The lowest BCUT2D eigenvalue weighted by Gasteiger charge is -2.47. The van der Waals surface area contributed by atoms with E-state index in [1.165, 1.54) is 4.90 Å². The quantitative estimate of drug-likeness (QED) is 0.846. The molecule has 0 radical (unpaired) electrons. The summed E-state index contributed by atoms with van der Waals surface area (Å²) >= 11 is 0. The highest BCUT2D eigenvalue weighted by atomic mass is 19.4. The van der Waals surface area contributed by atoms with Gasteiger partial charge in [0.1, 0.15) is 0 Å². The molecule has 0 bridgehead atoms. The van der Waals surface area contributed by atoms with Gasteiger partial charge in [0.15, 0.2) is 0 Å². The van der Waals surface area contributed by atoms with Crippen LogP contribution >= 0.6 is 0 Å². The van der Waals surface area contributed by atoms with Gasteiger partial charge in [0, 0.05) is 38.3 Å². The van der Waals surface area contributed by atoms with E-state index in [0.29, 0.717) is 37.6 Å². The molecular weight excluding hydrogens is 267 g/mol. The molecule has 2 aliphatic rings. The summed E-state index contributed by atoms with van der Waals surface area (Å²) in [7, 11) is 0. The molecule has 2 fully saturated rings. The molecule has 1 saturated heterocycles. The van der Waals surface area contributed by atoms with Crippen molar-refractivity contribution in [2.75, 3.05) is 32.7 Å². The Morgan fingerprint density at radius 3 is 2.30 bits per heavy atom. The van der Waals surface area contributed by atoms with E-state index in [4.69, 9.17) is 5.73 Å². The summed E-state index contributed by atoms with van der Waals surface area (Å²) in [6.45, 7) is 6.10. The van der Waals surface area contributed by atoms with Crippen LogP contribution in [0.25, 0.3) is 0 Å². The maximum atomic E-state index is 12.4. The van der Waals surface area contributed by atoms with E-state index < -0.39 is 12.7 Å². The minimum Gasteiger partial charge on any atom is -0.326 e. The molecule has 1 heterocycles. The average Bonchev–Trinajstić information content (AvgIpc) is 2.31. The summed E-state index contributed by atoms with van der Waals surface area (Å²) in [5.74, 6) is 0. The second-order valence-electron chi connectivity index (χ2n) is 7.07. The summed E-state index contributed by atoms with van der Waals surface area (Å²) in [6.07, 6.45) is -0.891. The van der Waals surface area contributed by atoms with Gasteiger partial charge < -0.3 is 5.73 Å². The molecule has 0 amide bonds. The molecule has 2 N–H and O–H groups in total. The van der Waals surface area contributed by atoms with Crippen molar-refractivity contribution >= 4 is 0 Å². The van der Waals surface area contributed by atoms with E-state index in [1.54, 1.807) is 0 Å². The fourth-order valence-corrected chi connectivity index (χ4v) is 3.48. The highest BCUT2D eigenvalue weighted by Crippen LogP contribution is 2.37. The summed E-state index contributed by atoms with van der Waals surface area (Å²) < 4.78 is 37.1. The zero-order valence-corrected chi connectivity index (χ0v) is 12.4. The van der Waals surface area contributed by atoms with E-state index in [9.17, 15) is 13.2 Å². The molecular formula is C14H26F3N3. The Hall–Kier alpha value is -0.330. The minimum atomic E-state index is -4.09. The normalized spacial score (nSPS) is 33.3. The molecule has 1 saturated carbocycles. The lowest BCUT2D eigenvalue weighted by molar-refractivity contribution is -0.150. The minimum absolute atomic E-state index is 0.164. The van der Waals surface area contributed by atoms with Crippen molar-refractivity contribution < 1.29 is 13.2 Å². The van der Waals surface area contributed by atoms with Crippen molar-refractivity contribution in [3.63, 3.8) is 0 Å². The largest absolute Gasteiger partial charge is 0.401 e. The van der Waals surface area contributed by atoms with E-state index in [0.717, 1.165) is 19.3 Å². The number of nitrogens with two attached hydrogens (primary N) is 1. The van der Waals surface area contributed by atoms with Crippen LogP contribution in [0.3, 0.4) is 0 Å². The first-order chi connectivity index (χ1) is 9.16. The van der Waals surface area contributed by atoms with Gasteiger partial charge in [0.2, 0.25) is 0 Å². The van der Waals surface area contributed by atoms with E-state index in [1.807, 2.05) is 0 Å². The van der Waals surface area contributed by atoms with Gasteiger partial charge in [-0.2, -0.15) is 13.2 Å². The highest BCUT2D eigenvalue weighted by molar-refractivity contribution is 4.94. The van der Waals surface area contributed by atoms with Crippen molar-refractivity contribution in [3.8, 4) is 0 Å². The summed E-state index contributed by atoms with van der Waals surface area (Å²) in [6, 6.07) is 0.490. The third kappa shape index (κ3) is 4.33. The lowest BCUT2D eigenvalue weighted by Crippen LogP contribution is -2.59. The Morgan fingerprint density at radius 1 is 1.15 bits per heavy atom. The van der Waals surface area contributed by atoms with Crippen molar-refractivity contribution in [2.45, 2.75) is 51.4 Å². The van der Waals surface area contributed by atoms with Crippen molar-refractivity contribution in [1.29, 1.82) is 0 Å². The fraction of sp³-hybridized carbons (Fsp3) is 1.00. The molecule has 0 aromatic carbocycles. The monoisotopic (exact) mass is 293 g/mol. The van der Waals surface area contributed by atoms with Crippen LogP contribution in [0.2, 0.25) is 0 Å². The van der Waals surface area contributed by atoms with Crippen LogP contribution in [0.4, 0.5) is 13.2 Å². The molecule has 20 heavy (non-hydrogen) atoms. The third-order valence-corrected chi connectivity index (χ3v) is 4.69. The van der Waals surface area contributed by atoms with Crippen molar-refractivity contribution in [1.82, 2.24) is 9.80 Å². The fourth-order valence-electron chi connectivity index (χ4n) is 3.48. The number of piperazine rings is 1. The molecule has 1 aliphatic carbocycles. The molecule has 2 rings (SSSR count). The molecule has 0 aromatic rings. The van der Waals surface area contributed by atoms with Crippen molar-refractivity contribution in [2.24, 2.45) is 11.1 Å².